The van der Waals surface area contributed by atoms with Gasteiger partial charge in [0.15, 0.2) is 0 Å². The van der Waals surface area contributed by atoms with Gasteiger partial charge in [-0.15, -0.1) is 0 Å². The van der Waals surface area contributed by atoms with E-state index in [0.29, 0.717) is 12.3 Å². The van der Waals surface area contributed by atoms with Crippen LogP contribution in [0.5, 0.6) is 0 Å². The highest BCUT2D eigenvalue weighted by Gasteiger charge is 2.19. The molecule has 0 aromatic heterocycles. The van der Waals surface area contributed by atoms with Gasteiger partial charge in [0.2, 0.25) is 0 Å². The molecule has 0 saturated carbocycles. The van der Waals surface area contributed by atoms with Crippen LogP contribution < -0.4 is 0 Å². The molecule has 1 saturated heterocycles. The van der Waals surface area contributed by atoms with E-state index >= 15 is 0 Å². The van der Waals surface area contributed by atoms with Gasteiger partial charge in [-0.3, -0.25) is 4.21 Å². The minimum absolute atomic E-state index is 0.0615. The Morgan fingerprint density at radius 2 is 2.14 bits per heavy atom. The molecule has 0 aromatic rings. The highest BCUT2D eigenvalue weighted by atomic mass is 32.2. The van der Waals surface area contributed by atoms with E-state index in [1.165, 1.54) is 0 Å². The van der Waals surface area contributed by atoms with Crippen molar-refractivity contribution in [2.75, 3.05) is 38.2 Å². The number of hydrogen-bond donors (Lipinski definition) is 0. The molecule has 0 bridgehead atoms. The number of nitrogens with zero attached hydrogens (tertiary/aromatic N) is 2. The van der Waals surface area contributed by atoms with Crippen molar-refractivity contribution in [1.29, 1.82) is 0 Å². The zero-order valence-corrected chi connectivity index (χ0v) is 9.68. The molecule has 82 valence electrons. The molecule has 14 heavy (non-hydrogen) atoms. The third-order valence-corrected chi connectivity index (χ3v) is 3.84. The van der Waals surface area contributed by atoms with Gasteiger partial charge in [-0.1, -0.05) is 0 Å². The van der Waals surface area contributed by atoms with Gasteiger partial charge in [0, 0.05) is 49.0 Å². The molecule has 1 aliphatic rings. The van der Waals surface area contributed by atoms with Crippen molar-refractivity contribution in [3.8, 4) is 0 Å². The van der Waals surface area contributed by atoms with Crippen molar-refractivity contribution >= 4 is 16.8 Å². The molecule has 0 spiro atoms. The van der Waals surface area contributed by atoms with E-state index in [1.807, 2.05) is 6.92 Å². The molecule has 1 atom stereocenters. The summed E-state index contributed by atoms with van der Waals surface area (Å²) >= 11 is 0. The second-order valence-electron chi connectivity index (χ2n) is 3.49. The van der Waals surface area contributed by atoms with Crippen LogP contribution in [0.15, 0.2) is 0 Å². The monoisotopic (exact) mass is 218 g/mol. The van der Waals surface area contributed by atoms with Gasteiger partial charge in [0.1, 0.15) is 0 Å². The molecule has 1 fully saturated rings. The van der Waals surface area contributed by atoms with Gasteiger partial charge in [-0.05, 0) is 13.3 Å². The first kappa shape index (κ1) is 11.5. The van der Waals surface area contributed by atoms with Gasteiger partial charge < -0.3 is 9.80 Å². The molecular weight excluding hydrogens is 200 g/mol. The van der Waals surface area contributed by atoms with E-state index in [4.69, 9.17) is 0 Å². The van der Waals surface area contributed by atoms with E-state index in [0.717, 1.165) is 25.3 Å². The second-order valence-corrected chi connectivity index (χ2v) is 5.18. The minimum Gasteiger partial charge on any atom is -0.328 e. The Labute approximate surface area is 87.7 Å². The van der Waals surface area contributed by atoms with Crippen LogP contribution in [0.2, 0.25) is 0 Å². The van der Waals surface area contributed by atoms with Crippen LogP contribution in [-0.2, 0) is 10.8 Å². The standard InChI is InChI=1S/C9H18N2O2S/c1-3-10(2)9(12)11-5-4-7-14(13)8-6-11/h3-8H2,1-2H3. The fourth-order valence-corrected chi connectivity index (χ4v) is 2.49. The molecule has 1 aliphatic heterocycles. The summed E-state index contributed by atoms with van der Waals surface area (Å²) in [4.78, 5) is 15.2. The lowest BCUT2D eigenvalue weighted by molar-refractivity contribution is 0.168. The number of hydrogen-bond acceptors (Lipinski definition) is 2. The third kappa shape index (κ3) is 2.97. The Hall–Kier alpha value is -0.580. The lowest BCUT2D eigenvalue weighted by atomic mass is 10.4. The quantitative estimate of drug-likeness (QED) is 0.643. The number of carbonyl (C=O) groups excluding carboxylic acids is 1. The van der Waals surface area contributed by atoms with E-state index in [-0.39, 0.29) is 6.03 Å². The van der Waals surface area contributed by atoms with Crippen molar-refractivity contribution in [3.05, 3.63) is 0 Å². The number of rotatable bonds is 1. The molecular formula is C9H18N2O2S. The predicted octanol–water partition coefficient (Wildman–Crippen LogP) is 0.512. The van der Waals surface area contributed by atoms with Gasteiger partial charge >= 0.3 is 6.03 Å². The summed E-state index contributed by atoms with van der Waals surface area (Å²) < 4.78 is 11.3. The van der Waals surface area contributed by atoms with E-state index < -0.39 is 10.8 Å². The molecule has 0 aromatic carbocycles. The zero-order valence-electron chi connectivity index (χ0n) is 8.86. The Morgan fingerprint density at radius 3 is 2.79 bits per heavy atom. The fourth-order valence-electron chi connectivity index (χ4n) is 1.41. The normalized spacial score (nSPS) is 23.0. The molecule has 1 heterocycles. The first-order valence-corrected chi connectivity index (χ1v) is 6.49. The average molecular weight is 218 g/mol. The highest BCUT2D eigenvalue weighted by Crippen LogP contribution is 2.04. The average Bonchev–Trinajstić information content (AvgIpc) is 2.40. The largest absolute Gasteiger partial charge is 0.328 e. The van der Waals surface area contributed by atoms with E-state index in [1.54, 1.807) is 16.8 Å². The van der Waals surface area contributed by atoms with Crippen molar-refractivity contribution in [1.82, 2.24) is 9.80 Å². The SMILES string of the molecule is CCN(C)C(=O)N1CCCS(=O)CC1. The topological polar surface area (TPSA) is 40.6 Å². The smallest absolute Gasteiger partial charge is 0.319 e. The lowest BCUT2D eigenvalue weighted by Crippen LogP contribution is -2.42. The van der Waals surface area contributed by atoms with Crippen molar-refractivity contribution in [2.24, 2.45) is 0 Å². The summed E-state index contributed by atoms with van der Waals surface area (Å²) in [6.07, 6.45) is 0.857. The van der Waals surface area contributed by atoms with Crippen LogP contribution in [-0.4, -0.2) is 58.2 Å². The molecule has 2 amide bonds. The van der Waals surface area contributed by atoms with Crippen LogP contribution in [0.1, 0.15) is 13.3 Å². The first-order valence-electron chi connectivity index (χ1n) is 5.00. The summed E-state index contributed by atoms with van der Waals surface area (Å²) in [5, 5.41) is 0. The van der Waals surface area contributed by atoms with E-state index in [9.17, 15) is 9.00 Å². The van der Waals surface area contributed by atoms with Crippen molar-refractivity contribution < 1.29 is 9.00 Å². The first-order chi connectivity index (χ1) is 6.65. The minimum atomic E-state index is -0.722. The van der Waals surface area contributed by atoms with Crippen LogP contribution >= 0.6 is 0 Å². The van der Waals surface area contributed by atoms with Crippen LogP contribution in [0.3, 0.4) is 0 Å². The summed E-state index contributed by atoms with van der Waals surface area (Å²) in [5.74, 6) is 1.36. The Kier molecular flexibility index (Phi) is 4.38. The maximum atomic E-state index is 11.7. The number of urea groups is 1. The van der Waals surface area contributed by atoms with E-state index in [2.05, 4.69) is 0 Å². The summed E-state index contributed by atoms with van der Waals surface area (Å²) in [5.41, 5.74) is 0. The molecule has 0 N–H and O–H groups in total. The van der Waals surface area contributed by atoms with Crippen molar-refractivity contribution in [2.45, 2.75) is 13.3 Å². The van der Waals surface area contributed by atoms with Gasteiger partial charge in [-0.2, -0.15) is 0 Å². The molecule has 5 heteroatoms. The van der Waals surface area contributed by atoms with Crippen molar-refractivity contribution in [3.63, 3.8) is 0 Å². The van der Waals surface area contributed by atoms with Gasteiger partial charge in [0.05, 0.1) is 0 Å². The fraction of sp³-hybridized carbons (Fsp3) is 0.889. The van der Waals surface area contributed by atoms with Gasteiger partial charge in [0.25, 0.3) is 0 Å². The molecule has 0 aliphatic carbocycles. The summed E-state index contributed by atoms with van der Waals surface area (Å²) in [7, 11) is 1.07. The molecule has 4 nitrogen and oxygen atoms in total. The summed E-state index contributed by atoms with van der Waals surface area (Å²) in [6.45, 7) is 4.05. The van der Waals surface area contributed by atoms with Crippen LogP contribution in [0.25, 0.3) is 0 Å². The van der Waals surface area contributed by atoms with Gasteiger partial charge in [-0.25, -0.2) is 4.79 Å². The predicted molar refractivity (Wildman–Crippen MR) is 57.8 cm³/mol. The number of amides is 2. The lowest BCUT2D eigenvalue weighted by Gasteiger charge is -2.25. The van der Waals surface area contributed by atoms with Crippen LogP contribution in [0.4, 0.5) is 4.79 Å². The third-order valence-electron chi connectivity index (χ3n) is 2.46. The second kappa shape index (κ2) is 5.34. The Bertz CT molecular complexity index is 233. The molecule has 1 rings (SSSR count). The maximum absolute atomic E-state index is 11.7. The zero-order chi connectivity index (χ0) is 10.6. The molecule has 0 radical (unpaired) electrons. The Morgan fingerprint density at radius 1 is 1.43 bits per heavy atom. The molecule has 1 unspecified atom stereocenters. The Balaban J connectivity index is 2.51. The highest BCUT2D eigenvalue weighted by molar-refractivity contribution is 7.85. The number of carbonyl (C=O) groups is 1. The van der Waals surface area contributed by atoms with Crippen LogP contribution in [0, 0.1) is 0 Å². The maximum Gasteiger partial charge on any atom is 0.319 e. The summed E-state index contributed by atoms with van der Waals surface area (Å²) in [6, 6.07) is 0.0615.